The Hall–Kier alpha value is -1.63. The summed E-state index contributed by atoms with van der Waals surface area (Å²) < 4.78 is 5.02. The lowest BCUT2D eigenvalue weighted by Gasteiger charge is -2.49. The number of hydrogen-bond acceptors (Lipinski definition) is 4. The molecule has 3 amide bonds. The molecule has 0 aromatic rings. The lowest BCUT2D eigenvalue weighted by atomic mass is 9.93. The highest BCUT2D eigenvalue weighted by Gasteiger charge is 2.54. The number of ether oxygens (including phenoxy) is 1. The van der Waals surface area contributed by atoms with E-state index in [0.717, 1.165) is 25.9 Å². The van der Waals surface area contributed by atoms with E-state index < -0.39 is 17.7 Å². The molecule has 0 aliphatic carbocycles. The average molecular weight is 326 g/mol. The van der Waals surface area contributed by atoms with Crippen LogP contribution in [0.2, 0.25) is 0 Å². The molecule has 2 atom stereocenters. The molecule has 2 saturated heterocycles. The van der Waals surface area contributed by atoms with E-state index in [1.54, 1.807) is 0 Å². The maximum atomic E-state index is 13.0. The van der Waals surface area contributed by atoms with Gasteiger partial charge in [0.25, 0.3) is 5.91 Å². The van der Waals surface area contributed by atoms with Crippen molar-refractivity contribution in [1.29, 1.82) is 0 Å². The van der Waals surface area contributed by atoms with Gasteiger partial charge in [0, 0.05) is 25.9 Å². The van der Waals surface area contributed by atoms with Crippen molar-refractivity contribution in [3.05, 3.63) is 0 Å². The van der Waals surface area contributed by atoms with Gasteiger partial charge >= 0.3 is 12.0 Å². The Kier molecular flexibility index (Phi) is 4.98. The lowest BCUT2D eigenvalue weighted by Crippen LogP contribution is -2.71. The van der Waals surface area contributed by atoms with Gasteiger partial charge in [-0.3, -0.25) is 4.79 Å². The summed E-state index contributed by atoms with van der Waals surface area (Å²) >= 11 is 0. The standard InChI is InChI=1S/C16H27N3O4/c1-16(2,3)19(11-13(20)18-8-4-5-9-18)10-6-7-12(14(19)21)23-15(17)22/h12H,4-11H2,1-3H3,(H-,17,22)/p+1/t12-,19?/m0/s1. The first-order chi connectivity index (χ1) is 10.7. The van der Waals surface area contributed by atoms with E-state index in [4.69, 9.17) is 10.5 Å². The fourth-order valence-corrected chi connectivity index (χ4v) is 3.66. The van der Waals surface area contributed by atoms with Gasteiger partial charge in [-0.05, 0) is 33.6 Å². The van der Waals surface area contributed by atoms with Crippen LogP contribution in [-0.2, 0) is 14.3 Å². The largest absolute Gasteiger partial charge is 0.432 e. The first kappa shape index (κ1) is 17.7. The second-order valence-electron chi connectivity index (χ2n) is 7.51. The Labute approximate surface area is 137 Å². The molecule has 23 heavy (non-hydrogen) atoms. The second kappa shape index (κ2) is 6.47. The van der Waals surface area contributed by atoms with E-state index in [0.29, 0.717) is 19.4 Å². The summed E-state index contributed by atoms with van der Waals surface area (Å²) in [4.78, 5) is 38.6. The molecular weight excluding hydrogens is 298 g/mol. The predicted octanol–water partition coefficient (Wildman–Crippen LogP) is 1.01. The van der Waals surface area contributed by atoms with E-state index >= 15 is 0 Å². The molecule has 0 spiro atoms. The molecule has 0 radical (unpaired) electrons. The van der Waals surface area contributed by atoms with Crippen LogP contribution in [-0.4, -0.2) is 65.1 Å². The third-order valence-electron chi connectivity index (χ3n) is 5.11. The molecule has 0 aromatic carbocycles. The number of primary amides is 1. The zero-order valence-corrected chi connectivity index (χ0v) is 14.3. The van der Waals surface area contributed by atoms with Crippen LogP contribution in [0.4, 0.5) is 4.79 Å². The zero-order chi connectivity index (χ0) is 17.3. The fraction of sp³-hybridized carbons (Fsp3) is 0.812. The highest BCUT2D eigenvalue weighted by molar-refractivity contribution is 5.83. The summed E-state index contributed by atoms with van der Waals surface area (Å²) in [5, 5.41) is 0. The molecule has 2 heterocycles. The van der Waals surface area contributed by atoms with Crippen molar-refractivity contribution in [1.82, 2.24) is 4.90 Å². The highest BCUT2D eigenvalue weighted by atomic mass is 16.6. The number of quaternary nitrogens is 1. The Morgan fingerprint density at radius 2 is 1.87 bits per heavy atom. The Morgan fingerprint density at radius 3 is 2.39 bits per heavy atom. The summed E-state index contributed by atoms with van der Waals surface area (Å²) in [5.74, 6) is -0.208. The van der Waals surface area contributed by atoms with E-state index in [9.17, 15) is 14.4 Å². The quantitative estimate of drug-likeness (QED) is 0.784. The number of rotatable bonds is 3. The van der Waals surface area contributed by atoms with Crippen molar-refractivity contribution in [2.45, 2.75) is 58.1 Å². The summed E-state index contributed by atoms with van der Waals surface area (Å²) in [5.41, 5.74) is 4.64. The van der Waals surface area contributed by atoms with E-state index in [-0.39, 0.29) is 22.8 Å². The van der Waals surface area contributed by atoms with Crippen LogP contribution in [0.5, 0.6) is 0 Å². The topological polar surface area (TPSA) is 89.7 Å². The van der Waals surface area contributed by atoms with Gasteiger partial charge in [0.1, 0.15) is 0 Å². The van der Waals surface area contributed by atoms with Crippen molar-refractivity contribution >= 4 is 17.9 Å². The number of nitrogens with two attached hydrogens (primary N) is 1. The summed E-state index contributed by atoms with van der Waals surface area (Å²) in [6.45, 7) is 8.09. The van der Waals surface area contributed by atoms with Crippen LogP contribution in [0.1, 0.15) is 46.5 Å². The Morgan fingerprint density at radius 1 is 1.26 bits per heavy atom. The molecule has 2 aliphatic rings. The minimum Gasteiger partial charge on any atom is -0.432 e. The van der Waals surface area contributed by atoms with Gasteiger partial charge in [-0.15, -0.1) is 0 Å². The van der Waals surface area contributed by atoms with Crippen LogP contribution in [0.15, 0.2) is 0 Å². The molecule has 1 unspecified atom stereocenters. The Bertz CT molecular complexity index is 494. The molecular formula is C16H28N3O4+. The second-order valence-corrected chi connectivity index (χ2v) is 7.51. The maximum absolute atomic E-state index is 13.0. The fourth-order valence-electron chi connectivity index (χ4n) is 3.66. The molecule has 2 aliphatic heterocycles. The van der Waals surface area contributed by atoms with E-state index in [2.05, 4.69) is 0 Å². The lowest BCUT2D eigenvalue weighted by molar-refractivity contribution is -0.898. The van der Waals surface area contributed by atoms with Gasteiger partial charge in [-0.1, -0.05) is 0 Å². The average Bonchev–Trinajstić information content (AvgIpc) is 2.95. The molecule has 130 valence electrons. The maximum Gasteiger partial charge on any atom is 0.405 e. The SMILES string of the molecule is CC(C)(C)[N+]1(CC(=O)N2CCCC2)CCC[C@H](OC(N)=O)C1=O. The van der Waals surface area contributed by atoms with Gasteiger partial charge in [0.15, 0.2) is 6.54 Å². The van der Waals surface area contributed by atoms with Gasteiger partial charge < -0.3 is 15.4 Å². The molecule has 2 N–H and O–H groups in total. The van der Waals surface area contributed by atoms with Crippen molar-refractivity contribution in [3.63, 3.8) is 0 Å². The van der Waals surface area contributed by atoms with Crippen LogP contribution in [0, 0.1) is 0 Å². The minimum atomic E-state index is -0.942. The number of likely N-dealkylation sites (tertiary alicyclic amines) is 2. The third kappa shape index (κ3) is 3.49. The van der Waals surface area contributed by atoms with Crippen LogP contribution >= 0.6 is 0 Å². The van der Waals surface area contributed by atoms with Crippen molar-refractivity contribution in [3.8, 4) is 0 Å². The van der Waals surface area contributed by atoms with Gasteiger partial charge in [-0.2, -0.15) is 0 Å². The van der Waals surface area contributed by atoms with Gasteiger partial charge in [0.05, 0.1) is 12.1 Å². The smallest absolute Gasteiger partial charge is 0.405 e. The number of amides is 3. The van der Waals surface area contributed by atoms with E-state index in [1.807, 2.05) is 25.7 Å². The number of carbonyl (C=O) groups is 3. The third-order valence-corrected chi connectivity index (χ3v) is 5.11. The van der Waals surface area contributed by atoms with Gasteiger partial charge in [0.2, 0.25) is 6.10 Å². The Balaban J connectivity index is 2.25. The highest BCUT2D eigenvalue weighted by Crippen LogP contribution is 2.33. The summed E-state index contributed by atoms with van der Waals surface area (Å²) in [7, 11) is 0. The number of piperidine rings is 1. The first-order valence-electron chi connectivity index (χ1n) is 8.33. The molecule has 7 nitrogen and oxygen atoms in total. The molecule has 7 heteroatoms. The number of carbonyl (C=O) groups excluding carboxylic acids is 3. The molecule has 0 aromatic heterocycles. The molecule has 0 bridgehead atoms. The monoisotopic (exact) mass is 326 g/mol. The van der Waals surface area contributed by atoms with Crippen LogP contribution in [0.25, 0.3) is 0 Å². The predicted molar refractivity (Wildman–Crippen MR) is 84.3 cm³/mol. The summed E-state index contributed by atoms with van der Waals surface area (Å²) in [6, 6.07) is 0. The molecule has 2 fully saturated rings. The number of nitrogens with zero attached hydrogens (tertiary/aromatic N) is 2. The molecule has 2 rings (SSSR count). The van der Waals surface area contributed by atoms with Crippen molar-refractivity contribution in [2.75, 3.05) is 26.2 Å². The van der Waals surface area contributed by atoms with Crippen molar-refractivity contribution < 1.29 is 23.6 Å². The first-order valence-corrected chi connectivity index (χ1v) is 8.33. The van der Waals surface area contributed by atoms with E-state index in [1.165, 1.54) is 0 Å². The normalized spacial score (nSPS) is 28.7. The molecule has 0 saturated carbocycles. The van der Waals surface area contributed by atoms with Gasteiger partial charge in [-0.25, -0.2) is 14.1 Å². The minimum absolute atomic E-state index is 0.00509. The van der Waals surface area contributed by atoms with Crippen molar-refractivity contribution in [2.24, 2.45) is 5.73 Å². The zero-order valence-electron chi connectivity index (χ0n) is 14.3. The van der Waals surface area contributed by atoms with Crippen LogP contribution < -0.4 is 5.73 Å². The summed E-state index contributed by atoms with van der Waals surface area (Å²) in [6.07, 6.45) is 1.42. The van der Waals surface area contributed by atoms with Crippen LogP contribution in [0.3, 0.4) is 0 Å². The number of hydrogen-bond donors (Lipinski definition) is 1.